The highest BCUT2D eigenvalue weighted by Crippen LogP contribution is 2.07. The van der Waals surface area contributed by atoms with E-state index >= 15 is 0 Å². The first kappa shape index (κ1) is 19.2. The minimum Gasteiger partial charge on any atom is -0.383 e. The molecule has 114 valence electrons. The van der Waals surface area contributed by atoms with Crippen molar-refractivity contribution in [2.75, 3.05) is 34.4 Å². The molecule has 1 N–H and O–H groups in total. The fourth-order valence-electron chi connectivity index (χ4n) is 1.88. The molecule has 0 amide bonds. The van der Waals surface area contributed by atoms with Crippen molar-refractivity contribution in [2.24, 2.45) is 4.99 Å². The van der Waals surface area contributed by atoms with Crippen molar-refractivity contribution in [2.45, 2.75) is 19.9 Å². The summed E-state index contributed by atoms with van der Waals surface area (Å²) in [7, 11) is 5.53. The first-order chi connectivity index (χ1) is 9.21. The number of aliphatic imine (C=N–C) groups is 1. The van der Waals surface area contributed by atoms with Gasteiger partial charge in [-0.2, -0.15) is 0 Å². The second-order valence-corrected chi connectivity index (χ2v) is 4.49. The number of guanidine groups is 1. The minimum absolute atomic E-state index is 0. The Morgan fingerprint density at radius 2 is 1.85 bits per heavy atom. The second kappa shape index (κ2) is 10.9. The summed E-state index contributed by atoms with van der Waals surface area (Å²) in [4.78, 5) is 6.37. The molecule has 0 fully saturated rings. The molecule has 5 heteroatoms. The number of nitrogens with one attached hydrogen (secondary N) is 1. The Kier molecular flexibility index (Phi) is 10.5. The van der Waals surface area contributed by atoms with Crippen LogP contribution in [0.25, 0.3) is 0 Å². The maximum atomic E-state index is 5.02. The molecule has 0 aliphatic heterocycles. The number of benzene rings is 1. The van der Waals surface area contributed by atoms with Crippen molar-refractivity contribution in [1.82, 2.24) is 10.2 Å². The number of hydrogen-bond donors (Lipinski definition) is 1. The summed E-state index contributed by atoms with van der Waals surface area (Å²) < 4.78 is 5.02. The third-order valence-electron chi connectivity index (χ3n) is 3.01. The van der Waals surface area contributed by atoms with Gasteiger partial charge in [0, 0.05) is 34.3 Å². The highest BCUT2D eigenvalue weighted by molar-refractivity contribution is 14.0. The zero-order valence-electron chi connectivity index (χ0n) is 12.8. The normalized spacial score (nSPS) is 10.9. The van der Waals surface area contributed by atoms with E-state index in [2.05, 4.69) is 46.4 Å². The molecule has 20 heavy (non-hydrogen) atoms. The van der Waals surface area contributed by atoms with E-state index in [0.717, 1.165) is 25.5 Å². The predicted octanol–water partition coefficient (Wildman–Crippen LogP) is 2.52. The lowest BCUT2D eigenvalue weighted by Gasteiger charge is -2.22. The highest BCUT2D eigenvalue weighted by Gasteiger charge is 2.05. The summed E-state index contributed by atoms with van der Waals surface area (Å²) in [6.45, 7) is 4.46. The van der Waals surface area contributed by atoms with Gasteiger partial charge in [-0.15, -0.1) is 24.0 Å². The number of ether oxygens (including phenoxy) is 1. The molecule has 0 saturated heterocycles. The number of halogens is 1. The summed E-state index contributed by atoms with van der Waals surface area (Å²) in [6.07, 6.45) is 1.08. The summed E-state index contributed by atoms with van der Waals surface area (Å²) >= 11 is 0. The van der Waals surface area contributed by atoms with Crippen LogP contribution in [0.2, 0.25) is 0 Å². The molecule has 0 unspecified atom stereocenters. The van der Waals surface area contributed by atoms with Crippen molar-refractivity contribution in [3.05, 3.63) is 35.4 Å². The van der Waals surface area contributed by atoms with E-state index in [-0.39, 0.29) is 24.0 Å². The van der Waals surface area contributed by atoms with E-state index in [9.17, 15) is 0 Å². The molecule has 0 radical (unpaired) electrons. The third-order valence-corrected chi connectivity index (χ3v) is 3.01. The van der Waals surface area contributed by atoms with Gasteiger partial charge in [-0.25, -0.2) is 0 Å². The smallest absolute Gasteiger partial charge is 0.193 e. The van der Waals surface area contributed by atoms with Crippen LogP contribution >= 0.6 is 24.0 Å². The number of rotatable bonds is 6. The van der Waals surface area contributed by atoms with Gasteiger partial charge in [-0.3, -0.25) is 4.99 Å². The molecule has 0 aliphatic rings. The maximum absolute atomic E-state index is 5.02. The number of hydrogen-bond acceptors (Lipinski definition) is 2. The van der Waals surface area contributed by atoms with Crippen molar-refractivity contribution < 1.29 is 4.74 Å². The largest absolute Gasteiger partial charge is 0.383 e. The van der Waals surface area contributed by atoms with Gasteiger partial charge in [0.15, 0.2) is 5.96 Å². The molecule has 0 bridgehead atoms. The number of methoxy groups -OCH3 is 1. The fraction of sp³-hybridized carbons (Fsp3) is 0.533. The van der Waals surface area contributed by atoms with Crippen molar-refractivity contribution >= 4 is 29.9 Å². The molecule has 1 aromatic rings. The van der Waals surface area contributed by atoms with Crippen LogP contribution in [-0.4, -0.2) is 45.2 Å². The topological polar surface area (TPSA) is 36.9 Å². The lowest BCUT2D eigenvalue weighted by Crippen LogP contribution is -2.39. The van der Waals surface area contributed by atoms with Gasteiger partial charge in [0.2, 0.25) is 0 Å². The van der Waals surface area contributed by atoms with E-state index in [1.54, 1.807) is 14.2 Å². The van der Waals surface area contributed by atoms with Gasteiger partial charge in [-0.1, -0.05) is 31.2 Å². The standard InChI is InChI=1S/C15H25N3O.HI/c1-5-13-6-8-14(9-7-13)12-18(3)15(16-2)17-10-11-19-4;/h6-9H,5,10-12H2,1-4H3,(H,16,17);1H. The molecule has 0 heterocycles. The Bertz CT molecular complexity index is 393. The van der Waals surface area contributed by atoms with Crippen molar-refractivity contribution in [3.8, 4) is 0 Å². The molecule has 0 aromatic heterocycles. The van der Waals surface area contributed by atoms with Crippen molar-refractivity contribution in [1.29, 1.82) is 0 Å². The molecule has 0 atom stereocenters. The van der Waals surface area contributed by atoms with Crippen molar-refractivity contribution in [3.63, 3.8) is 0 Å². The third kappa shape index (κ3) is 6.56. The van der Waals surface area contributed by atoms with Crippen LogP contribution in [0.4, 0.5) is 0 Å². The first-order valence-electron chi connectivity index (χ1n) is 6.69. The van der Waals surface area contributed by atoms with Gasteiger partial charge >= 0.3 is 0 Å². The Hall–Kier alpha value is -0.820. The van der Waals surface area contributed by atoms with Crippen LogP contribution in [0, 0.1) is 0 Å². The molecule has 0 aliphatic carbocycles. The number of nitrogens with zero attached hydrogens (tertiary/aromatic N) is 2. The molecular weight excluding hydrogens is 365 g/mol. The zero-order valence-corrected chi connectivity index (χ0v) is 15.2. The molecule has 0 saturated carbocycles. The minimum atomic E-state index is 0. The molecule has 0 spiro atoms. The summed E-state index contributed by atoms with van der Waals surface area (Å²) in [6, 6.07) is 8.73. The van der Waals surface area contributed by atoms with Gasteiger partial charge in [0.05, 0.1) is 6.61 Å². The Labute approximate surface area is 139 Å². The Morgan fingerprint density at radius 1 is 1.25 bits per heavy atom. The monoisotopic (exact) mass is 391 g/mol. The van der Waals surface area contributed by atoms with Crippen LogP contribution in [0.1, 0.15) is 18.1 Å². The van der Waals surface area contributed by atoms with E-state index < -0.39 is 0 Å². The average Bonchev–Trinajstić information content (AvgIpc) is 2.44. The summed E-state index contributed by atoms with van der Waals surface area (Å²) in [5.74, 6) is 0.886. The van der Waals surface area contributed by atoms with E-state index in [1.165, 1.54) is 11.1 Å². The van der Waals surface area contributed by atoms with Crippen LogP contribution < -0.4 is 5.32 Å². The summed E-state index contributed by atoms with van der Waals surface area (Å²) in [5, 5.41) is 3.26. The Balaban J connectivity index is 0.00000361. The fourth-order valence-corrected chi connectivity index (χ4v) is 1.88. The van der Waals surface area contributed by atoms with Crippen LogP contribution in [0.5, 0.6) is 0 Å². The molecular formula is C15H26IN3O. The van der Waals surface area contributed by atoms with Gasteiger partial charge in [-0.05, 0) is 17.5 Å². The molecule has 1 rings (SSSR count). The molecule has 1 aromatic carbocycles. The second-order valence-electron chi connectivity index (χ2n) is 4.49. The van der Waals surface area contributed by atoms with Crippen LogP contribution in [-0.2, 0) is 17.7 Å². The van der Waals surface area contributed by atoms with Crippen LogP contribution in [0.15, 0.2) is 29.3 Å². The maximum Gasteiger partial charge on any atom is 0.193 e. The lowest BCUT2D eigenvalue weighted by molar-refractivity contribution is 0.203. The van der Waals surface area contributed by atoms with E-state index in [4.69, 9.17) is 4.74 Å². The first-order valence-corrected chi connectivity index (χ1v) is 6.69. The van der Waals surface area contributed by atoms with E-state index in [0.29, 0.717) is 6.61 Å². The van der Waals surface area contributed by atoms with E-state index in [1.807, 2.05) is 7.05 Å². The lowest BCUT2D eigenvalue weighted by atomic mass is 10.1. The average molecular weight is 391 g/mol. The predicted molar refractivity (Wildman–Crippen MR) is 95.9 cm³/mol. The Morgan fingerprint density at radius 3 is 2.35 bits per heavy atom. The van der Waals surface area contributed by atoms with Gasteiger partial charge in [0.25, 0.3) is 0 Å². The van der Waals surface area contributed by atoms with Gasteiger partial charge < -0.3 is 15.0 Å². The highest BCUT2D eigenvalue weighted by atomic mass is 127. The number of aryl methyl sites for hydroxylation is 1. The SMILES string of the molecule is CCc1ccc(CN(C)C(=NC)NCCOC)cc1.I. The summed E-state index contributed by atoms with van der Waals surface area (Å²) in [5.41, 5.74) is 2.66. The van der Waals surface area contributed by atoms with Gasteiger partial charge in [0.1, 0.15) is 0 Å². The quantitative estimate of drug-likeness (QED) is 0.351. The zero-order chi connectivity index (χ0) is 14.1. The molecule has 4 nitrogen and oxygen atoms in total. The van der Waals surface area contributed by atoms with Crippen LogP contribution in [0.3, 0.4) is 0 Å².